The van der Waals surface area contributed by atoms with Crippen LogP contribution in [0.3, 0.4) is 0 Å². The van der Waals surface area contributed by atoms with Crippen molar-refractivity contribution < 1.29 is 23.9 Å². The quantitative estimate of drug-likeness (QED) is 0.736. The van der Waals surface area contributed by atoms with Gasteiger partial charge < -0.3 is 10.1 Å². The number of amides is 3. The normalized spacial score (nSPS) is 13.9. The summed E-state index contributed by atoms with van der Waals surface area (Å²) in [6, 6.07) is 7.48. The molecule has 0 spiro atoms. The molecule has 0 aliphatic carbocycles. The van der Waals surface area contributed by atoms with Crippen LogP contribution in [0.25, 0.3) is 10.9 Å². The average molecular weight is 401 g/mol. The SMILES string of the molecule is Cc1nc2ccccc2c(C)c1C(=O)OCC(=O)NCCN1C(=O)CSC1=O. The van der Waals surface area contributed by atoms with Crippen molar-refractivity contribution in [3.05, 3.63) is 41.1 Å². The Morgan fingerprint density at radius 2 is 2.00 bits per heavy atom. The molecule has 1 aromatic carbocycles. The number of rotatable bonds is 6. The molecule has 2 heterocycles. The monoisotopic (exact) mass is 401 g/mol. The Labute approximate surface area is 165 Å². The first-order chi connectivity index (χ1) is 13.4. The molecule has 1 saturated heterocycles. The molecule has 0 bridgehead atoms. The number of hydrogen-bond acceptors (Lipinski definition) is 7. The third kappa shape index (κ3) is 4.14. The highest BCUT2D eigenvalue weighted by Gasteiger charge is 2.29. The molecule has 0 saturated carbocycles. The van der Waals surface area contributed by atoms with Crippen molar-refractivity contribution in [2.45, 2.75) is 13.8 Å². The number of aromatic nitrogens is 1. The number of imide groups is 1. The minimum Gasteiger partial charge on any atom is -0.452 e. The molecule has 1 aliphatic heterocycles. The van der Waals surface area contributed by atoms with Gasteiger partial charge in [-0.1, -0.05) is 30.0 Å². The lowest BCUT2D eigenvalue weighted by molar-refractivity contribution is -0.126. The van der Waals surface area contributed by atoms with Crippen LogP contribution in [0.1, 0.15) is 21.6 Å². The number of nitrogens with one attached hydrogen (secondary N) is 1. The smallest absolute Gasteiger partial charge is 0.340 e. The molecular weight excluding hydrogens is 382 g/mol. The van der Waals surface area contributed by atoms with Gasteiger partial charge in [-0.05, 0) is 25.5 Å². The molecule has 0 radical (unpaired) electrons. The molecule has 1 fully saturated rings. The van der Waals surface area contributed by atoms with Gasteiger partial charge in [0, 0.05) is 18.5 Å². The summed E-state index contributed by atoms with van der Waals surface area (Å²) in [4.78, 5) is 52.8. The van der Waals surface area contributed by atoms with Crippen molar-refractivity contribution in [1.82, 2.24) is 15.2 Å². The van der Waals surface area contributed by atoms with Crippen LogP contribution >= 0.6 is 11.8 Å². The Morgan fingerprint density at radius 3 is 2.71 bits per heavy atom. The topological polar surface area (TPSA) is 106 Å². The van der Waals surface area contributed by atoms with Crippen LogP contribution in [0.4, 0.5) is 4.79 Å². The van der Waals surface area contributed by atoms with E-state index >= 15 is 0 Å². The van der Waals surface area contributed by atoms with Crippen LogP contribution in [0.5, 0.6) is 0 Å². The average Bonchev–Trinajstić information content (AvgIpc) is 2.98. The molecule has 1 aliphatic rings. The first-order valence-electron chi connectivity index (χ1n) is 8.65. The first kappa shape index (κ1) is 19.8. The maximum atomic E-state index is 12.5. The molecule has 8 nitrogen and oxygen atoms in total. The molecule has 3 amide bonds. The Morgan fingerprint density at radius 1 is 1.25 bits per heavy atom. The first-order valence-corrected chi connectivity index (χ1v) is 9.64. The second-order valence-electron chi connectivity index (χ2n) is 6.24. The number of hydrogen-bond donors (Lipinski definition) is 1. The van der Waals surface area contributed by atoms with Crippen molar-refractivity contribution in [3.63, 3.8) is 0 Å². The minimum absolute atomic E-state index is 0.0944. The maximum absolute atomic E-state index is 12.5. The van der Waals surface area contributed by atoms with Crippen LogP contribution in [-0.4, -0.2) is 58.4 Å². The Bertz CT molecular complexity index is 959. The van der Waals surface area contributed by atoms with Gasteiger partial charge in [-0.25, -0.2) is 4.79 Å². The summed E-state index contributed by atoms with van der Waals surface area (Å²) in [7, 11) is 0. The largest absolute Gasteiger partial charge is 0.452 e. The fourth-order valence-corrected chi connectivity index (χ4v) is 3.74. The summed E-state index contributed by atoms with van der Waals surface area (Å²) in [6.07, 6.45) is 0. The van der Waals surface area contributed by atoms with E-state index in [4.69, 9.17) is 4.74 Å². The van der Waals surface area contributed by atoms with Gasteiger partial charge in [-0.2, -0.15) is 0 Å². The zero-order valence-corrected chi connectivity index (χ0v) is 16.3. The number of carbonyl (C=O) groups excluding carboxylic acids is 4. The molecule has 1 aromatic heterocycles. The number of nitrogens with zero attached hydrogens (tertiary/aromatic N) is 2. The highest BCUT2D eigenvalue weighted by atomic mass is 32.2. The number of carbonyl (C=O) groups is 4. The summed E-state index contributed by atoms with van der Waals surface area (Å²) in [5.74, 6) is -1.28. The van der Waals surface area contributed by atoms with E-state index in [1.807, 2.05) is 31.2 Å². The molecule has 28 heavy (non-hydrogen) atoms. The van der Waals surface area contributed by atoms with Gasteiger partial charge in [0.2, 0.25) is 5.91 Å². The molecule has 2 aromatic rings. The van der Waals surface area contributed by atoms with Gasteiger partial charge in [0.25, 0.3) is 11.1 Å². The van der Waals surface area contributed by atoms with Gasteiger partial charge in [-0.3, -0.25) is 24.3 Å². The van der Waals surface area contributed by atoms with Gasteiger partial charge in [-0.15, -0.1) is 0 Å². The predicted molar refractivity (Wildman–Crippen MR) is 104 cm³/mol. The van der Waals surface area contributed by atoms with Gasteiger partial charge >= 0.3 is 5.97 Å². The number of fused-ring (bicyclic) bond motifs is 1. The molecule has 1 N–H and O–H groups in total. The van der Waals surface area contributed by atoms with Crippen molar-refractivity contribution in [2.24, 2.45) is 0 Å². The van der Waals surface area contributed by atoms with Crippen molar-refractivity contribution in [3.8, 4) is 0 Å². The molecule has 0 unspecified atom stereocenters. The third-order valence-electron chi connectivity index (χ3n) is 4.37. The minimum atomic E-state index is -0.621. The summed E-state index contributed by atoms with van der Waals surface area (Å²) in [5.41, 5.74) is 2.41. The lowest BCUT2D eigenvalue weighted by Crippen LogP contribution is -2.38. The summed E-state index contributed by atoms with van der Waals surface area (Å²) < 4.78 is 5.12. The molecular formula is C19H19N3O5S. The van der Waals surface area contributed by atoms with Crippen molar-refractivity contribution >= 4 is 45.7 Å². The van der Waals surface area contributed by atoms with E-state index in [1.54, 1.807) is 6.92 Å². The van der Waals surface area contributed by atoms with Crippen molar-refractivity contribution in [1.29, 1.82) is 0 Å². The van der Waals surface area contributed by atoms with Gasteiger partial charge in [0.05, 0.1) is 22.5 Å². The third-order valence-corrected chi connectivity index (χ3v) is 5.23. The van der Waals surface area contributed by atoms with E-state index in [0.717, 1.165) is 33.1 Å². The summed E-state index contributed by atoms with van der Waals surface area (Å²) in [5, 5.41) is 3.06. The van der Waals surface area contributed by atoms with E-state index in [0.29, 0.717) is 11.3 Å². The van der Waals surface area contributed by atoms with E-state index in [-0.39, 0.29) is 30.0 Å². The Balaban J connectivity index is 1.55. The molecule has 146 valence electrons. The fraction of sp³-hybridized carbons (Fsp3) is 0.316. The lowest BCUT2D eigenvalue weighted by Gasteiger charge is -2.14. The predicted octanol–water partition coefficient (Wildman–Crippen LogP) is 1.82. The second-order valence-corrected chi connectivity index (χ2v) is 7.17. The Hall–Kier alpha value is -2.94. The number of esters is 1. The second kappa shape index (κ2) is 8.39. The zero-order valence-electron chi connectivity index (χ0n) is 15.5. The van der Waals surface area contributed by atoms with Crippen LogP contribution < -0.4 is 5.32 Å². The van der Waals surface area contributed by atoms with Crippen LogP contribution in [-0.2, 0) is 14.3 Å². The van der Waals surface area contributed by atoms with Gasteiger partial charge in [0.15, 0.2) is 6.61 Å². The van der Waals surface area contributed by atoms with E-state index in [9.17, 15) is 19.2 Å². The van der Waals surface area contributed by atoms with Crippen molar-refractivity contribution in [2.75, 3.05) is 25.4 Å². The van der Waals surface area contributed by atoms with E-state index in [2.05, 4.69) is 10.3 Å². The number of ether oxygens (including phenoxy) is 1. The molecule has 3 rings (SSSR count). The lowest BCUT2D eigenvalue weighted by atomic mass is 10.0. The number of para-hydroxylation sites is 1. The Kier molecular flexibility index (Phi) is 5.93. The highest BCUT2D eigenvalue weighted by Crippen LogP contribution is 2.23. The number of benzene rings is 1. The van der Waals surface area contributed by atoms with Crippen LogP contribution in [0, 0.1) is 13.8 Å². The standard InChI is InChI=1S/C19H19N3O5S/c1-11-13-5-3-4-6-14(13)21-12(2)17(11)18(25)27-9-15(23)20-7-8-22-16(24)10-28-19(22)26/h3-6H,7-10H2,1-2H3,(H,20,23). The van der Waals surface area contributed by atoms with E-state index < -0.39 is 18.5 Å². The van der Waals surface area contributed by atoms with Crippen LogP contribution in [0.15, 0.2) is 24.3 Å². The zero-order chi connectivity index (χ0) is 20.3. The fourth-order valence-electron chi connectivity index (χ4n) is 2.99. The van der Waals surface area contributed by atoms with E-state index in [1.165, 1.54) is 0 Å². The number of aryl methyl sites for hydroxylation is 2. The number of thioether (sulfide) groups is 1. The number of pyridine rings is 1. The summed E-state index contributed by atoms with van der Waals surface area (Å²) in [6.45, 7) is 3.27. The van der Waals surface area contributed by atoms with Crippen LogP contribution in [0.2, 0.25) is 0 Å². The summed E-state index contributed by atoms with van der Waals surface area (Å²) >= 11 is 0.937. The molecule has 0 atom stereocenters. The van der Waals surface area contributed by atoms with Gasteiger partial charge in [0.1, 0.15) is 0 Å². The molecule has 9 heteroatoms. The highest BCUT2D eigenvalue weighted by molar-refractivity contribution is 8.14. The maximum Gasteiger partial charge on any atom is 0.340 e.